The first-order valence-electron chi connectivity index (χ1n) is 6.75. The third-order valence-electron chi connectivity index (χ3n) is 3.23. The zero-order valence-electron chi connectivity index (χ0n) is 11.8. The summed E-state index contributed by atoms with van der Waals surface area (Å²) in [5.41, 5.74) is 0. The van der Waals surface area contributed by atoms with Gasteiger partial charge in [0.05, 0.1) is 10.9 Å². The van der Waals surface area contributed by atoms with Crippen LogP contribution in [0.25, 0.3) is 0 Å². The summed E-state index contributed by atoms with van der Waals surface area (Å²) in [5, 5.41) is 0. The van der Waals surface area contributed by atoms with E-state index in [1.807, 2.05) is 0 Å². The van der Waals surface area contributed by atoms with Crippen molar-refractivity contribution in [2.24, 2.45) is 0 Å². The molecular weight excluding hydrogens is 540 g/mol. The van der Waals surface area contributed by atoms with Crippen molar-refractivity contribution in [1.82, 2.24) is 0 Å². The molecule has 0 saturated carbocycles. The lowest BCUT2D eigenvalue weighted by atomic mass is 10.3. The first kappa shape index (κ1) is 17.2. The summed E-state index contributed by atoms with van der Waals surface area (Å²) in [6.07, 6.45) is 0. The van der Waals surface area contributed by atoms with Gasteiger partial charge in [0.15, 0.2) is 14.7 Å². The van der Waals surface area contributed by atoms with Crippen LogP contribution in [0.3, 0.4) is 0 Å². The molecule has 0 atom stereocenters. The highest BCUT2D eigenvalue weighted by Gasteiger charge is 2.29. The molecule has 0 aliphatic heterocycles. The maximum Gasteiger partial charge on any atom is 0.167 e. The standard InChI is InChI=1S/C18H11F2I2S/c19-12-1-5-14(6-2-12)23(15-7-3-13(20)4-8-15)16-9-10-17(21)18(22)11-16/h1-11H/q+1. The van der Waals surface area contributed by atoms with Gasteiger partial charge in [-0.2, -0.15) is 0 Å². The van der Waals surface area contributed by atoms with E-state index < -0.39 is 10.9 Å². The number of hydrogen-bond donors (Lipinski definition) is 0. The fraction of sp³-hybridized carbons (Fsp3) is 0. The SMILES string of the molecule is Fc1ccc([S+](c2ccc(F)cc2)c2ccc(I)c(I)c2)cc1. The topological polar surface area (TPSA) is 0 Å². The van der Waals surface area contributed by atoms with Crippen molar-refractivity contribution in [3.8, 4) is 0 Å². The van der Waals surface area contributed by atoms with E-state index in [4.69, 9.17) is 0 Å². The minimum absolute atomic E-state index is 0.256. The summed E-state index contributed by atoms with van der Waals surface area (Å²) < 4.78 is 28.9. The summed E-state index contributed by atoms with van der Waals surface area (Å²) >= 11 is 4.61. The number of benzene rings is 3. The van der Waals surface area contributed by atoms with Crippen LogP contribution in [0.2, 0.25) is 0 Å². The average Bonchev–Trinajstić information content (AvgIpc) is 2.55. The molecule has 0 fully saturated rings. The Kier molecular flexibility index (Phi) is 5.58. The predicted molar refractivity (Wildman–Crippen MR) is 107 cm³/mol. The molecule has 0 aliphatic carbocycles. The van der Waals surface area contributed by atoms with Gasteiger partial charge in [0, 0.05) is 13.2 Å². The lowest BCUT2D eigenvalue weighted by molar-refractivity contribution is 0.626. The van der Waals surface area contributed by atoms with E-state index in [1.54, 1.807) is 24.3 Å². The minimum Gasteiger partial charge on any atom is -0.207 e. The quantitative estimate of drug-likeness (QED) is 0.266. The van der Waals surface area contributed by atoms with Gasteiger partial charge in [-0.3, -0.25) is 0 Å². The van der Waals surface area contributed by atoms with Crippen molar-refractivity contribution in [3.05, 3.63) is 85.5 Å². The monoisotopic (exact) mass is 551 g/mol. The van der Waals surface area contributed by atoms with E-state index >= 15 is 0 Å². The second kappa shape index (κ2) is 7.48. The first-order valence-corrected chi connectivity index (χ1v) is 10.1. The largest absolute Gasteiger partial charge is 0.207 e. The molecule has 3 aromatic carbocycles. The van der Waals surface area contributed by atoms with Crippen molar-refractivity contribution in [2.45, 2.75) is 14.7 Å². The number of rotatable bonds is 3. The molecule has 0 heterocycles. The van der Waals surface area contributed by atoms with E-state index in [0.717, 1.165) is 14.7 Å². The van der Waals surface area contributed by atoms with E-state index in [1.165, 1.54) is 31.4 Å². The van der Waals surface area contributed by atoms with Crippen LogP contribution in [-0.4, -0.2) is 0 Å². The van der Waals surface area contributed by atoms with Crippen LogP contribution in [-0.2, 0) is 10.9 Å². The smallest absolute Gasteiger partial charge is 0.167 e. The van der Waals surface area contributed by atoms with Gasteiger partial charge in [0.2, 0.25) is 0 Å². The predicted octanol–water partition coefficient (Wildman–Crippen LogP) is 6.27. The van der Waals surface area contributed by atoms with E-state index in [9.17, 15) is 8.78 Å². The van der Waals surface area contributed by atoms with Gasteiger partial charge in [0.25, 0.3) is 0 Å². The van der Waals surface area contributed by atoms with Gasteiger partial charge < -0.3 is 0 Å². The van der Waals surface area contributed by atoms with Crippen molar-refractivity contribution in [3.63, 3.8) is 0 Å². The van der Waals surface area contributed by atoms with Crippen LogP contribution in [0.1, 0.15) is 0 Å². The van der Waals surface area contributed by atoms with Gasteiger partial charge in [-0.25, -0.2) is 8.78 Å². The van der Waals surface area contributed by atoms with Crippen LogP contribution in [0.4, 0.5) is 8.78 Å². The summed E-state index contributed by atoms with van der Waals surface area (Å²) in [6.45, 7) is 0. The highest BCUT2D eigenvalue weighted by Crippen LogP contribution is 2.33. The van der Waals surface area contributed by atoms with Gasteiger partial charge in [-0.15, -0.1) is 0 Å². The van der Waals surface area contributed by atoms with Gasteiger partial charge in [-0.1, -0.05) is 0 Å². The summed E-state index contributed by atoms with van der Waals surface area (Å²) in [6, 6.07) is 19.4. The molecule has 0 saturated heterocycles. The van der Waals surface area contributed by atoms with E-state index in [0.29, 0.717) is 0 Å². The second-order valence-corrected chi connectivity index (χ2v) is 9.14. The maximum atomic E-state index is 13.3. The molecule has 0 N–H and O–H groups in total. The second-order valence-electron chi connectivity index (χ2n) is 4.79. The van der Waals surface area contributed by atoms with Crippen LogP contribution < -0.4 is 0 Å². The third kappa shape index (κ3) is 4.06. The molecule has 23 heavy (non-hydrogen) atoms. The normalized spacial score (nSPS) is 11.0. The molecule has 0 aromatic heterocycles. The zero-order chi connectivity index (χ0) is 16.4. The Morgan fingerprint density at radius 3 is 1.43 bits per heavy atom. The zero-order valence-corrected chi connectivity index (χ0v) is 16.9. The molecule has 0 nitrogen and oxygen atoms in total. The van der Waals surface area contributed by atoms with Gasteiger partial charge in [-0.05, 0) is 106 Å². The Morgan fingerprint density at radius 2 is 1.00 bits per heavy atom. The molecule has 0 unspecified atom stereocenters. The van der Waals surface area contributed by atoms with Gasteiger partial charge in [0.1, 0.15) is 11.6 Å². The molecule has 0 aliphatic rings. The lowest BCUT2D eigenvalue weighted by Crippen LogP contribution is -2.05. The van der Waals surface area contributed by atoms with Gasteiger partial charge >= 0.3 is 0 Å². The number of halogens is 4. The third-order valence-corrected chi connectivity index (χ3v) is 8.30. The Labute approximate surface area is 163 Å². The Bertz CT molecular complexity index is 772. The highest BCUT2D eigenvalue weighted by molar-refractivity contribution is 14.1. The molecule has 5 heteroatoms. The molecule has 116 valence electrons. The first-order chi connectivity index (χ1) is 11.0. The summed E-state index contributed by atoms with van der Waals surface area (Å²) in [5.74, 6) is -0.512. The Morgan fingerprint density at radius 1 is 0.565 bits per heavy atom. The van der Waals surface area contributed by atoms with Crippen LogP contribution >= 0.6 is 45.2 Å². The maximum absolute atomic E-state index is 13.3. The van der Waals surface area contributed by atoms with Crippen LogP contribution in [0.15, 0.2) is 81.4 Å². The van der Waals surface area contributed by atoms with Crippen molar-refractivity contribution in [1.29, 1.82) is 0 Å². The Hall–Kier alpha value is -0.670. The van der Waals surface area contributed by atoms with E-state index in [2.05, 4.69) is 63.4 Å². The molecule has 0 amide bonds. The fourth-order valence-corrected chi connectivity index (χ4v) is 5.29. The number of hydrogen-bond acceptors (Lipinski definition) is 0. The molecule has 0 radical (unpaired) electrons. The lowest BCUT2D eigenvalue weighted by Gasteiger charge is -2.09. The van der Waals surface area contributed by atoms with Crippen molar-refractivity contribution >= 4 is 56.1 Å². The molecule has 3 rings (SSSR count). The van der Waals surface area contributed by atoms with Crippen LogP contribution in [0, 0.1) is 18.8 Å². The molecule has 3 aromatic rings. The van der Waals surface area contributed by atoms with E-state index in [-0.39, 0.29) is 11.6 Å². The van der Waals surface area contributed by atoms with Crippen molar-refractivity contribution < 1.29 is 8.78 Å². The Balaban J connectivity index is 2.14. The minimum atomic E-state index is -0.391. The highest BCUT2D eigenvalue weighted by atomic mass is 127. The summed E-state index contributed by atoms with van der Waals surface area (Å²) in [4.78, 5) is 3.15. The molecule has 0 spiro atoms. The van der Waals surface area contributed by atoms with Crippen molar-refractivity contribution in [2.75, 3.05) is 0 Å². The summed E-state index contributed by atoms with van der Waals surface area (Å²) in [7, 11) is -0.391. The molecule has 0 bridgehead atoms. The van der Waals surface area contributed by atoms with Crippen LogP contribution in [0.5, 0.6) is 0 Å². The average molecular weight is 551 g/mol. The fourth-order valence-electron chi connectivity index (χ4n) is 2.15. The molecular formula is C18H11F2I2S+.